The van der Waals surface area contributed by atoms with Gasteiger partial charge in [0, 0.05) is 31.6 Å². The average molecular weight is 839 g/mol. The van der Waals surface area contributed by atoms with Gasteiger partial charge in [-0.25, -0.2) is 13.2 Å². The zero-order chi connectivity index (χ0) is 41.6. The maximum atomic E-state index is 15.2. The van der Waals surface area contributed by atoms with Crippen LogP contribution in [0.15, 0.2) is 36.4 Å². The molecule has 4 amide bonds. The lowest BCUT2D eigenvalue weighted by Gasteiger charge is -2.34. The maximum absolute atomic E-state index is 15.2. The largest absolute Gasteiger partial charge is 0.497 e. The summed E-state index contributed by atoms with van der Waals surface area (Å²) in [6.07, 6.45) is 13.6. The third-order valence-electron chi connectivity index (χ3n) is 12.4. The zero-order valence-electron chi connectivity index (χ0n) is 34.1. The van der Waals surface area contributed by atoms with Gasteiger partial charge in [-0.15, -0.1) is 10.2 Å². The van der Waals surface area contributed by atoms with Crippen LogP contribution in [-0.4, -0.2) is 113 Å². The Hall–Kier alpha value is -4.58. The van der Waals surface area contributed by atoms with E-state index in [4.69, 9.17) is 19.3 Å². The number of sulfonamides is 1. The Balaban J connectivity index is 1.24. The van der Waals surface area contributed by atoms with Crippen molar-refractivity contribution in [1.29, 1.82) is 0 Å². The number of tetrazole rings is 1. The summed E-state index contributed by atoms with van der Waals surface area (Å²) in [6, 6.07) is 3.88. The number of carbonyl (C=O) groups is 4. The molecule has 1 aromatic heterocycles. The van der Waals surface area contributed by atoms with E-state index in [0.29, 0.717) is 68.7 Å². The third-order valence-corrected chi connectivity index (χ3v) is 14.3. The Morgan fingerprint density at radius 1 is 0.966 bits per heavy atom. The van der Waals surface area contributed by atoms with E-state index in [0.717, 1.165) is 51.4 Å². The second kappa shape index (κ2) is 18.8. The number of methoxy groups -OCH3 is 2. The van der Waals surface area contributed by atoms with Gasteiger partial charge in [0.15, 0.2) is 0 Å². The summed E-state index contributed by atoms with van der Waals surface area (Å²) in [4.78, 5) is 60.4. The van der Waals surface area contributed by atoms with E-state index in [-0.39, 0.29) is 18.9 Å². The molecule has 18 heteroatoms. The van der Waals surface area contributed by atoms with Gasteiger partial charge in [-0.3, -0.25) is 19.1 Å². The van der Waals surface area contributed by atoms with Crippen LogP contribution in [0.4, 0.5) is 4.79 Å². The maximum Gasteiger partial charge on any atom is 0.408 e. The van der Waals surface area contributed by atoms with Gasteiger partial charge < -0.3 is 29.7 Å². The highest BCUT2D eigenvalue weighted by atomic mass is 32.2. The number of allylic oxidation sites excluding steroid dienone is 1. The molecule has 3 aliphatic carbocycles. The number of ether oxygens (including phenoxy) is 3. The SMILES string of the molecule is COCCCCC[C@H]1[C@H](n2nnc(-c3ccc(OC)cc3)n2)CC2C(=O)NC3(C(=O)NS(=O)(=O)C4CC4)CC3/C=C\CCCCCC(NC(=O)OC3CCCC3)C(=O)N21. The monoisotopic (exact) mass is 838 g/mol. The predicted octanol–water partition coefficient (Wildman–Crippen LogP) is 4.11. The molecule has 4 fully saturated rings. The number of fused-ring (bicyclic) bond motifs is 2. The first kappa shape index (κ1) is 42.5. The highest BCUT2D eigenvalue weighted by Gasteiger charge is 2.62. The minimum Gasteiger partial charge on any atom is -0.497 e. The molecule has 5 aliphatic rings. The highest BCUT2D eigenvalue weighted by Crippen LogP contribution is 2.47. The number of amides is 4. The van der Waals surface area contributed by atoms with Crippen molar-refractivity contribution in [3.8, 4) is 17.1 Å². The topological polar surface area (TPSA) is 213 Å². The number of unbranched alkanes of at least 4 members (excludes halogenated alkanes) is 2. The van der Waals surface area contributed by atoms with Gasteiger partial charge >= 0.3 is 6.09 Å². The molecule has 2 aromatic rings. The first-order valence-electron chi connectivity index (χ1n) is 21.3. The van der Waals surface area contributed by atoms with Crippen LogP contribution in [-0.2, 0) is 33.9 Å². The number of hydrogen-bond acceptors (Lipinski definition) is 12. The van der Waals surface area contributed by atoms with E-state index in [1.165, 1.54) is 4.80 Å². The van der Waals surface area contributed by atoms with E-state index in [9.17, 15) is 22.8 Å². The lowest BCUT2D eigenvalue weighted by atomic mass is 10.0. The lowest BCUT2D eigenvalue weighted by Crippen LogP contribution is -2.59. The fourth-order valence-corrected chi connectivity index (χ4v) is 10.2. The smallest absolute Gasteiger partial charge is 0.408 e. The van der Waals surface area contributed by atoms with Crippen LogP contribution in [0, 0.1) is 5.92 Å². The van der Waals surface area contributed by atoms with E-state index in [1.54, 1.807) is 31.3 Å². The molecule has 1 aromatic carbocycles. The molecule has 59 heavy (non-hydrogen) atoms. The molecule has 4 unspecified atom stereocenters. The van der Waals surface area contributed by atoms with Crippen LogP contribution >= 0.6 is 0 Å². The number of benzene rings is 1. The van der Waals surface area contributed by atoms with E-state index >= 15 is 4.79 Å². The van der Waals surface area contributed by atoms with Crippen LogP contribution in [0.25, 0.3) is 11.4 Å². The van der Waals surface area contributed by atoms with Crippen molar-refractivity contribution in [3.63, 3.8) is 0 Å². The summed E-state index contributed by atoms with van der Waals surface area (Å²) in [7, 11) is -0.687. The van der Waals surface area contributed by atoms with E-state index in [2.05, 4.69) is 25.7 Å². The number of rotatable bonds is 14. The van der Waals surface area contributed by atoms with Crippen LogP contribution < -0.4 is 20.1 Å². The van der Waals surface area contributed by atoms with Gasteiger partial charge in [0.05, 0.1) is 24.4 Å². The number of hydrogen-bond donors (Lipinski definition) is 3. The zero-order valence-corrected chi connectivity index (χ0v) is 34.9. The molecule has 3 saturated carbocycles. The van der Waals surface area contributed by atoms with Gasteiger partial charge in [0.25, 0.3) is 5.91 Å². The molecular formula is C41H58N8O9S. The molecule has 2 aliphatic heterocycles. The molecule has 3 N–H and O–H groups in total. The van der Waals surface area contributed by atoms with Crippen LogP contribution in [0.3, 0.4) is 0 Å². The summed E-state index contributed by atoms with van der Waals surface area (Å²) in [5, 5.41) is 18.8. The molecule has 0 radical (unpaired) electrons. The van der Waals surface area contributed by atoms with Crippen LogP contribution in [0.2, 0.25) is 0 Å². The van der Waals surface area contributed by atoms with E-state index < -0.39 is 74.7 Å². The predicted molar refractivity (Wildman–Crippen MR) is 215 cm³/mol. The number of nitrogens with zero attached hydrogens (tertiary/aromatic N) is 5. The standard InChI is InChI=1S/C41H58N8O9S/c1-56-24-12-6-9-17-33-34(49-45-36(44-47-49)27-18-20-29(57-2)21-19-27)25-35-37(50)43-41(39(52)46-59(54,55)31-22-23-31)26-28(41)13-7-4-3-5-8-16-32(38(51)48(33)35)42-40(53)58-30-14-10-11-15-30/h7,13,18-21,28,30-35H,3-6,8-12,14-17,22-26H2,1-2H3,(H,42,53)(H,43,50)(H,46,52)/b13-7-/t28?,32?,33-,34+,35?,41?/m0/s1. The Labute approximate surface area is 345 Å². The molecule has 6 atom stereocenters. The van der Waals surface area contributed by atoms with Crippen LogP contribution in [0.1, 0.15) is 115 Å². The first-order chi connectivity index (χ1) is 28.5. The Morgan fingerprint density at radius 2 is 1.73 bits per heavy atom. The van der Waals surface area contributed by atoms with Crippen molar-refractivity contribution in [3.05, 3.63) is 36.4 Å². The average Bonchev–Trinajstić information content (AvgIpc) is 4.01. The Bertz CT molecular complexity index is 1950. The molecule has 7 rings (SSSR count). The van der Waals surface area contributed by atoms with Gasteiger partial charge in [-0.1, -0.05) is 37.8 Å². The second-order valence-electron chi connectivity index (χ2n) is 16.7. The molecule has 3 heterocycles. The number of carbonyl (C=O) groups excluding carboxylic acids is 4. The first-order valence-corrected chi connectivity index (χ1v) is 22.8. The van der Waals surface area contributed by atoms with Crippen molar-refractivity contribution >= 4 is 33.8 Å². The molecular weight excluding hydrogens is 781 g/mol. The highest BCUT2D eigenvalue weighted by molar-refractivity contribution is 7.91. The molecule has 0 spiro atoms. The quantitative estimate of drug-likeness (QED) is 0.181. The Morgan fingerprint density at radius 3 is 2.46 bits per heavy atom. The summed E-state index contributed by atoms with van der Waals surface area (Å²) < 4.78 is 44.6. The summed E-state index contributed by atoms with van der Waals surface area (Å²) in [5.74, 6) is -1.25. The van der Waals surface area contributed by atoms with Crippen molar-refractivity contribution in [2.24, 2.45) is 5.92 Å². The number of aromatic nitrogens is 4. The van der Waals surface area contributed by atoms with E-state index in [1.807, 2.05) is 24.3 Å². The van der Waals surface area contributed by atoms with Crippen molar-refractivity contribution < 1.29 is 41.8 Å². The van der Waals surface area contributed by atoms with Crippen molar-refractivity contribution in [1.82, 2.24) is 40.5 Å². The molecule has 1 saturated heterocycles. The normalized spacial score (nSPS) is 28.4. The fourth-order valence-electron chi connectivity index (χ4n) is 8.83. The van der Waals surface area contributed by atoms with Crippen molar-refractivity contribution in [2.75, 3.05) is 20.8 Å². The Kier molecular flexibility index (Phi) is 13.5. The van der Waals surface area contributed by atoms with Gasteiger partial charge in [0.2, 0.25) is 27.7 Å². The number of alkyl carbamates (subject to hydrolysis) is 1. The fraction of sp³-hybridized carbons (Fsp3) is 0.683. The minimum atomic E-state index is -3.91. The number of nitrogens with one attached hydrogen (secondary N) is 3. The van der Waals surface area contributed by atoms with Gasteiger partial charge in [-0.2, -0.15) is 4.80 Å². The minimum absolute atomic E-state index is 0.0799. The van der Waals surface area contributed by atoms with Gasteiger partial charge in [0.1, 0.15) is 29.5 Å². The molecule has 0 bridgehead atoms. The summed E-state index contributed by atoms with van der Waals surface area (Å²) in [5.41, 5.74) is -0.824. The van der Waals surface area contributed by atoms with Crippen LogP contribution in [0.5, 0.6) is 5.75 Å². The molecule has 322 valence electrons. The second-order valence-corrected chi connectivity index (χ2v) is 18.6. The van der Waals surface area contributed by atoms with Gasteiger partial charge in [-0.05, 0) is 107 Å². The summed E-state index contributed by atoms with van der Waals surface area (Å²) >= 11 is 0. The summed E-state index contributed by atoms with van der Waals surface area (Å²) in [6.45, 7) is 0.572. The third kappa shape index (κ3) is 10.1. The molecule has 17 nitrogen and oxygen atoms in total. The lowest BCUT2D eigenvalue weighted by molar-refractivity contribution is -0.143. The van der Waals surface area contributed by atoms with Crippen molar-refractivity contribution in [2.45, 2.75) is 150 Å².